The van der Waals surface area contributed by atoms with Crippen LogP contribution in [0.15, 0.2) is 30.7 Å². The highest BCUT2D eigenvalue weighted by Crippen LogP contribution is 2.33. The van der Waals surface area contributed by atoms with Gasteiger partial charge >= 0.3 is 0 Å². The number of carbonyl (C=O) groups is 1. The lowest BCUT2D eigenvalue weighted by Crippen LogP contribution is -2.13. The first-order valence-electron chi connectivity index (χ1n) is 5.24. The second-order valence-electron chi connectivity index (χ2n) is 3.81. The minimum absolute atomic E-state index is 0.0973. The number of aromatic nitrogens is 2. The number of carbonyl (C=O) groups excluding carboxylic acids is 1. The highest BCUT2D eigenvalue weighted by atomic mass is 16.6. The standard InChI is InChI=1S/C11H10N4O4/c1-14-5-7(12-6-14)11(17)13-10-8(15(18)19)3-2-4-9(10)16/h2-6,16H,1H3,(H,13,17). The van der Waals surface area contributed by atoms with E-state index in [1.54, 1.807) is 11.6 Å². The number of benzene rings is 1. The molecule has 0 radical (unpaired) electrons. The summed E-state index contributed by atoms with van der Waals surface area (Å²) < 4.78 is 1.56. The summed E-state index contributed by atoms with van der Waals surface area (Å²) in [6, 6.07) is 3.76. The second kappa shape index (κ2) is 4.77. The number of rotatable bonds is 3. The molecule has 0 saturated heterocycles. The predicted molar refractivity (Wildman–Crippen MR) is 65.9 cm³/mol. The van der Waals surface area contributed by atoms with Crippen LogP contribution < -0.4 is 5.32 Å². The van der Waals surface area contributed by atoms with Gasteiger partial charge in [-0.25, -0.2) is 4.98 Å². The molecule has 1 aromatic carbocycles. The molecule has 1 amide bonds. The third-order valence-corrected chi connectivity index (χ3v) is 2.39. The van der Waals surface area contributed by atoms with Crippen molar-refractivity contribution in [1.29, 1.82) is 0 Å². The normalized spacial score (nSPS) is 10.2. The Balaban J connectivity index is 2.33. The zero-order valence-electron chi connectivity index (χ0n) is 9.90. The molecule has 2 N–H and O–H groups in total. The number of phenolic OH excluding ortho intramolecular Hbond substituents is 1. The molecule has 0 atom stereocenters. The van der Waals surface area contributed by atoms with E-state index in [0.29, 0.717) is 0 Å². The summed E-state index contributed by atoms with van der Waals surface area (Å²) in [5, 5.41) is 22.7. The summed E-state index contributed by atoms with van der Waals surface area (Å²) in [5.74, 6) is -1.01. The number of imidazole rings is 1. The maximum Gasteiger partial charge on any atom is 0.296 e. The molecule has 19 heavy (non-hydrogen) atoms. The fraction of sp³-hybridized carbons (Fsp3) is 0.0909. The molecule has 0 bridgehead atoms. The molecule has 8 heteroatoms. The molecule has 0 aliphatic rings. The highest BCUT2D eigenvalue weighted by Gasteiger charge is 2.20. The van der Waals surface area contributed by atoms with Gasteiger partial charge in [-0.15, -0.1) is 0 Å². The molecule has 0 fully saturated rings. The van der Waals surface area contributed by atoms with E-state index in [1.165, 1.54) is 30.7 Å². The molecule has 0 unspecified atom stereocenters. The van der Waals surface area contributed by atoms with Gasteiger partial charge in [-0.3, -0.25) is 14.9 Å². The predicted octanol–water partition coefficient (Wildman–Crippen LogP) is 1.29. The lowest BCUT2D eigenvalue weighted by atomic mass is 10.2. The number of nitrogens with zero attached hydrogens (tertiary/aromatic N) is 3. The van der Waals surface area contributed by atoms with Crippen LogP contribution in [0.2, 0.25) is 0 Å². The van der Waals surface area contributed by atoms with Crippen molar-refractivity contribution in [3.05, 3.63) is 46.5 Å². The minimum Gasteiger partial charge on any atom is -0.505 e. The van der Waals surface area contributed by atoms with E-state index >= 15 is 0 Å². The molecule has 2 aromatic rings. The van der Waals surface area contributed by atoms with E-state index in [4.69, 9.17) is 0 Å². The summed E-state index contributed by atoms with van der Waals surface area (Å²) in [7, 11) is 1.69. The van der Waals surface area contributed by atoms with Gasteiger partial charge in [0, 0.05) is 19.3 Å². The van der Waals surface area contributed by atoms with Gasteiger partial charge in [0.15, 0.2) is 5.69 Å². The molecule has 1 heterocycles. The number of para-hydroxylation sites is 1. The van der Waals surface area contributed by atoms with E-state index in [0.717, 1.165) is 0 Å². The summed E-state index contributed by atoms with van der Waals surface area (Å²) in [5.41, 5.74) is -0.535. The van der Waals surface area contributed by atoms with Crippen molar-refractivity contribution >= 4 is 17.3 Å². The summed E-state index contributed by atoms with van der Waals surface area (Å²) in [4.78, 5) is 25.8. The number of amides is 1. The quantitative estimate of drug-likeness (QED) is 0.492. The smallest absolute Gasteiger partial charge is 0.296 e. The van der Waals surface area contributed by atoms with Crippen molar-refractivity contribution in [3.63, 3.8) is 0 Å². The Morgan fingerprint density at radius 1 is 1.53 bits per heavy atom. The van der Waals surface area contributed by atoms with Crippen molar-refractivity contribution < 1.29 is 14.8 Å². The lowest BCUT2D eigenvalue weighted by Gasteiger charge is -2.06. The van der Waals surface area contributed by atoms with Crippen LogP contribution in [-0.4, -0.2) is 25.5 Å². The van der Waals surface area contributed by atoms with Crippen molar-refractivity contribution in [2.24, 2.45) is 7.05 Å². The number of hydrogen-bond acceptors (Lipinski definition) is 5. The van der Waals surface area contributed by atoms with E-state index in [1.807, 2.05) is 0 Å². The van der Waals surface area contributed by atoms with Gasteiger partial charge < -0.3 is 15.0 Å². The van der Waals surface area contributed by atoms with Crippen molar-refractivity contribution in [2.45, 2.75) is 0 Å². The number of nitro benzene ring substituents is 1. The molecular formula is C11H10N4O4. The van der Waals surface area contributed by atoms with Gasteiger partial charge in [0.2, 0.25) is 0 Å². The van der Waals surface area contributed by atoms with Crippen LogP contribution in [0.3, 0.4) is 0 Å². The van der Waals surface area contributed by atoms with Crippen LogP contribution >= 0.6 is 0 Å². The van der Waals surface area contributed by atoms with Crippen LogP contribution in [-0.2, 0) is 7.05 Å². The minimum atomic E-state index is -0.687. The number of phenols is 1. The van der Waals surface area contributed by atoms with E-state index < -0.39 is 10.8 Å². The Morgan fingerprint density at radius 3 is 2.84 bits per heavy atom. The molecule has 1 aromatic heterocycles. The van der Waals surface area contributed by atoms with Gasteiger partial charge in [0.05, 0.1) is 11.3 Å². The number of hydrogen-bond donors (Lipinski definition) is 2. The van der Waals surface area contributed by atoms with Crippen LogP contribution in [0.4, 0.5) is 11.4 Å². The van der Waals surface area contributed by atoms with Gasteiger partial charge in [0.25, 0.3) is 11.6 Å². The number of anilines is 1. The fourth-order valence-electron chi connectivity index (χ4n) is 1.52. The molecule has 0 aliphatic heterocycles. The number of nitro groups is 1. The van der Waals surface area contributed by atoms with E-state index in [9.17, 15) is 20.0 Å². The number of nitrogens with one attached hydrogen (secondary N) is 1. The Hall–Kier alpha value is -2.90. The third-order valence-electron chi connectivity index (χ3n) is 2.39. The largest absolute Gasteiger partial charge is 0.505 e. The van der Waals surface area contributed by atoms with E-state index in [2.05, 4.69) is 10.3 Å². The maximum atomic E-state index is 11.8. The summed E-state index contributed by atoms with van der Waals surface area (Å²) >= 11 is 0. The Kier molecular flexibility index (Phi) is 3.15. The Bertz CT molecular complexity index is 650. The maximum absolute atomic E-state index is 11.8. The average molecular weight is 262 g/mol. The molecule has 0 aliphatic carbocycles. The zero-order valence-corrected chi connectivity index (χ0v) is 9.90. The Labute approximate surface area is 107 Å². The summed E-state index contributed by atoms with van der Waals surface area (Å²) in [6.45, 7) is 0. The number of aryl methyl sites for hydroxylation is 1. The molecule has 0 saturated carbocycles. The number of aromatic hydroxyl groups is 1. The first-order valence-corrected chi connectivity index (χ1v) is 5.24. The molecule has 8 nitrogen and oxygen atoms in total. The average Bonchev–Trinajstić information content (AvgIpc) is 2.78. The van der Waals surface area contributed by atoms with Crippen molar-refractivity contribution in [3.8, 4) is 5.75 Å². The monoisotopic (exact) mass is 262 g/mol. The zero-order chi connectivity index (χ0) is 14.0. The van der Waals surface area contributed by atoms with Gasteiger partial charge in [-0.1, -0.05) is 6.07 Å². The SMILES string of the molecule is Cn1cnc(C(=O)Nc2c(O)cccc2[N+](=O)[O-])c1. The topological polar surface area (TPSA) is 110 Å². The molecule has 2 rings (SSSR count). The summed E-state index contributed by atoms with van der Waals surface area (Å²) in [6.07, 6.45) is 2.88. The second-order valence-corrected chi connectivity index (χ2v) is 3.81. The first kappa shape index (κ1) is 12.6. The van der Waals surface area contributed by atoms with E-state index in [-0.39, 0.29) is 22.8 Å². The fourth-order valence-corrected chi connectivity index (χ4v) is 1.52. The van der Waals surface area contributed by atoms with Gasteiger partial charge in [-0.05, 0) is 6.07 Å². The first-order chi connectivity index (χ1) is 8.99. The third kappa shape index (κ3) is 2.51. The van der Waals surface area contributed by atoms with Crippen molar-refractivity contribution in [1.82, 2.24) is 9.55 Å². The van der Waals surface area contributed by atoms with Gasteiger partial charge in [-0.2, -0.15) is 0 Å². The van der Waals surface area contributed by atoms with Crippen molar-refractivity contribution in [2.75, 3.05) is 5.32 Å². The van der Waals surface area contributed by atoms with Crippen LogP contribution in [0.1, 0.15) is 10.5 Å². The van der Waals surface area contributed by atoms with Crippen LogP contribution in [0.5, 0.6) is 5.75 Å². The molecular weight excluding hydrogens is 252 g/mol. The van der Waals surface area contributed by atoms with Crippen LogP contribution in [0.25, 0.3) is 0 Å². The Morgan fingerprint density at radius 2 is 2.26 bits per heavy atom. The molecule has 98 valence electrons. The van der Waals surface area contributed by atoms with Gasteiger partial charge in [0.1, 0.15) is 11.4 Å². The van der Waals surface area contributed by atoms with Crippen LogP contribution in [0, 0.1) is 10.1 Å². The lowest BCUT2D eigenvalue weighted by molar-refractivity contribution is -0.384. The highest BCUT2D eigenvalue weighted by molar-refractivity contribution is 6.05. The molecule has 0 spiro atoms.